The number of piperidine rings is 1. The zero-order valence-corrected chi connectivity index (χ0v) is 11.5. The van der Waals surface area contributed by atoms with Gasteiger partial charge in [0.25, 0.3) is 0 Å². The second-order valence-electron chi connectivity index (χ2n) is 5.30. The first-order chi connectivity index (χ1) is 8.76. The molecule has 1 saturated heterocycles. The highest BCUT2D eigenvalue weighted by atomic mass is 16.1. The van der Waals surface area contributed by atoms with Gasteiger partial charge in [-0.2, -0.15) is 0 Å². The average molecular weight is 245 g/mol. The number of carbonyl (C=O) groups is 1. The van der Waals surface area contributed by atoms with Crippen molar-refractivity contribution in [2.24, 2.45) is 0 Å². The van der Waals surface area contributed by atoms with Gasteiger partial charge in [0.15, 0.2) is 0 Å². The summed E-state index contributed by atoms with van der Waals surface area (Å²) in [5.41, 5.74) is 3.32. The first-order valence-corrected chi connectivity index (χ1v) is 7.08. The van der Waals surface area contributed by atoms with Crippen molar-refractivity contribution in [2.75, 3.05) is 11.4 Å². The Morgan fingerprint density at radius 3 is 2.89 bits per heavy atom. The number of rotatable bonds is 4. The van der Waals surface area contributed by atoms with Crippen molar-refractivity contribution in [1.82, 2.24) is 0 Å². The van der Waals surface area contributed by atoms with E-state index in [0.717, 1.165) is 18.4 Å². The standard InChI is InChI=1S/C16H23NO/c1-3-6-15-7-4-5-10-17(15)16-9-8-14(12-18)11-13(16)2/h8-9,11-12,15H,3-7,10H2,1-2H3. The summed E-state index contributed by atoms with van der Waals surface area (Å²) in [6, 6.07) is 6.74. The van der Waals surface area contributed by atoms with E-state index in [-0.39, 0.29) is 0 Å². The number of carbonyl (C=O) groups excluding carboxylic acids is 1. The first-order valence-electron chi connectivity index (χ1n) is 7.08. The summed E-state index contributed by atoms with van der Waals surface area (Å²) in [4.78, 5) is 13.4. The molecule has 1 aromatic rings. The maximum atomic E-state index is 10.8. The Balaban J connectivity index is 2.24. The fourth-order valence-corrected chi connectivity index (χ4v) is 3.03. The van der Waals surface area contributed by atoms with Gasteiger partial charge in [-0.3, -0.25) is 4.79 Å². The highest BCUT2D eigenvalue weighted by Crippen LogP contribution is 2.30. The lowest BCUT2D eigenvalue weighted by Crippen LogP contribution is -2.39. The molecule has 0 N–H and O–H groups in total. The molecule has 2 nitrogen and oxygen atoms in total. The summed E-state index contributed by atoms with van der Waals surface area (Å²) in [5.74, 6) is 0. The van der Waals surface area contributed by atoms with E-state index in [1.165, 1.54) is 43.4 Å². The van der Waals surface area contributed by atoms with Crippen LogP contribution in [-0.4, -0.2) is 18.9 Å². The Morgan fingerprint density at radius 1 is 1.39 bits per heavy atom. The number of hydrogen-bond donors (Lipinski definition) is 0. The van der Waals surface area contributed by atoms with Crippen molar-refractivity contribution in [3.05, 3.63) is 29.3 Å². The number of aldehydes is 1. The quantitative estimate of drug-likeness (QED) is 0.748. The molecule has 0 aliphatic carbocycles. The molecular weight excluding hydrogens is 222 g/mol. The number of benzene rings is 1. The molecule has 98 valence electrons. The molecule has 1 aliphatic rings. The fraction of sp³-hybridized carbons (Fsp3) is 0.562. The Bertz CT molecular complexity index is 412. The lowest BCUT2D eigenvalue weighted by Gasteiger charge is -2.38. The molecule has 0 radical (unpaired) electrons. The molecule has 0 bridgehead atoms. The lowest BCUT2D eigenvalue weighted by molar-refractivity contribution is 0.112. The molecule has 2 heteroatoms. The number of nitrogens with zero attached hydrogens (tertiary/aromatic N) is 1. The maximum Gasteiger partial charge on any atom is 0.150 e. The molecule has 1 fully saturated rings. The van der Waals surface area contributed by atoms with Crippen molar-refractivity contribution >= 4 is 12.0 Å². The van der Waals surface area contributed by atoms with Crippen LogP contribution in [0, 0.1) is 6.92 Å². The van der Waals surface area contributed by atoms with Crippen LogP contribution in [0.25, 0.3) is 0 Å². The molecule has 0 aromatic heterocycles. The van der Waals surface area contributed by atoms with Crippen molar-refractivity contribution < 1.29 is 4.79 Å². The van der Waals surface area contributed by atoms with Crippen LogP contribution < -0.4 is 4.90 Å². The van der Waals surface area contributed by atoms with Crippen molar-refractivity contribution in [1.29, 1.82) is 0 Å². The molecule has 18 heavy (non-hydrogen) atoms. The van der Waals surface area contributed by atoms with E-state index in [1.807, 2.05) is 12.1 Å². The van der Waals surface area contributed by atoms with Crippen molar-refractivity contribution in [2.45, 2.75) is 52.0 Å². The molecule has 1 aromatic carbocycles. The number of anilines is 1. The highest BCUT2D eigenvalue weighted by Gasteiger charge is 2.22. The zero-order valence-electron chi connectivity index (χ0n) is 11.5. The van der Waals surface area contributed by atoms with Gasteiger partial charge in [0.1, 0.15) is 6.29 Å². The Labute approximate surface area is 110 Å². The fourth-order valence-electron chi connectivity index (χ4n) is 3.03. The second kappa shape index (κ2) is 6.03. The predicted octanol–water partition coefficient (Wildman–Crippen LogP) is 3.97. The minimum absolute atomic E-state index is 0.685. The van der Waals surface area contributed by atoms with Gasteiger partial charge in [-0.1, -0.05) is 13.3 Å². The Hall–Kier alpha value is -1.31. The topological polar surface area (TPSA) is 20.3 Å². The van der Waals surface area contributed by atoms with Crippen LogP contribution in [0.3, 0.4) is 0 Å². The van der Waals surface area contributed by atoms with E-state index >= 15 is 0 Å². The Kier molecular flexibility index (Phi) is 4.40. The van der Waals surface area contributed by atoms with Crippen molar-refractivity contribution in [3.8, 4) is 0 Å². The summed E-state index contributed by atoms with van der Waals surface area (Å²) < 4.78 is 0. The minimum Gasteiger partial charge on any atom is -0.368 e. The van der Waals surface area contributed by atoms with Gasteiger partial charge < -0.3 is 4.90 Å². The Morgan fingerprint density at radius 2 is 2.22 bits per heavy atom. The summed E-state index contributed by atoms with van der Waals surface area (Å²) in [6.45, 7) is 5.53. The predicted molar refractivity (Wildman–Crippen MR) is 76.5 cm³/mol. The van der Waals surface area contributed by atoms with Crippen LogP contribution in [0.5, 0.6) is 0 Å². The zero-order chi connectivity index (χ0) is 13.0. The van der Waals surface area contributed by atoms with E-state index in [9.17, 15) is 4.79 Å². The van der Waals surface area contributed by atoms with Gasteiger partial charge in [0, 0.05) is 23.8 Å². The van der Waals surface area contributed by atoms with Gasteiger partial charge in [0.2, 0.25) is 0 Å². The van der Waals surface area contributed by atoms with Gasteiger partial charge in [0.05, 0.1) is 0 Å². The van der Waals surface area contributed by atoms with E-state index < -0.39 is 0 Å². The molecule has 1 aliphatic heterocycles. The largest absolute Gasteiger partial charge is 0.368 e. The van der Waals surface area contributed by atoms with E-state index in [1.54, 1.807) is 0 Å². The number of aryl methyl sites for hydroxylation is 1. The molecule has 1 unspecified atom stereocenters. The third-order valence-electron chi connectivity index (χ3n) is 3.92. The maximum absolute atomic E-state index is 10.8. The van der Waals surface area contributed by atoms with Gasteiger partial charge in [-0.25, -0.2) is 0 Å². The normalized spacial score (nSPS) is 19.9. The van der Waals surface area contributed by atoms with Crippen LogP contribution in [0.15, 0.2) is 18.2 Å². The van der Waals surface area contributed by atoms with E-state index in [4.69, 9.17) is 0 Å². The average Bonchev–Trinajstić information content (AvgIpc) is 2.40. The number of hydrogen-bond acceptors (Lipinski definition) is 2. The molecule has 2 rings (SSSR count). The second-order valence-corrected chi connectivity index (χ2v) is 5.30. The highest BCUT2D eigenvalue weighted by molar-refractivity contribution is 5.77. The summed E-state index contributed by atoms with van der Waals surface area (Å²) in [5, 5.41) is 0. The molecule has 0 spiro atoms. The summed E-state index contributed by atoms with van der Waals surface area (Å²) >= 11 is 0. The smallest absolute Gasteiger partial charge is 0.150 e. The van der Waals surface area contributed by atoms with E-state index in [2.05, 4.69) is 24.8 Å². The molecule has 1 atom stereocenters. The van der Waals surface area contributed by atoms with Crippen LogP contribution in [0.4, 0.5) is 5.69 Å². The molecule has 0 saturated carbocycles. The minimum atomic E-state index is 0.685. The van der Waals surface area contributed by atoms with Crippen LogP contribution in [-0.2, 0) is 0 Å². The lowest BCUT2D eigenvalue weighted by atomic mass is 9.96. The van der Waals surface area contributed by atoms with Gasteiger partial charge in [-0.05, 0) is 56.4 Å². The van der Waals surface area contributed by atoms with Crippen LogP contribution in [0.1, 0.15) is 54.9 Å². The van der Waals surface area contributed by atoms with E-state index in [0.29, 0.717) is 6.04 Å². The summed E-state index contributed by atoms with van der Waals surface area (Å²) in [6.07, 6.45) is 7.39. The van der Waals surface area contributed by atoms with Crippen molar-refractivity contribution in [3.63, 3.8) is 0 Å². The van der Waals surface area contributed by atoms with Gasteiger partial charge in [-0.15, -0.1) is 0 Å². The van der Waals surface area contributed by atoms with Crippen LogP contribution >= 0.6 is 0 Å². The first kappa shape index (κ1) is 13.1. The van der Waals surface area contributed by atoms with Crippen LogP contribution in [0.2, 0.25) is 0 Å². The molecular formula is C16H23NO. The third-order valence-corrected chi connectivity index (χ3v) is 3.92. The third kappa shape index (κ3) is 2.74. The monoisotopic (exact) mass is 245 g/mol. The molecule has 0 amide bonds. The molecule has 1 heterocycles. The summed E-state index contributed by atoms with van der Waals surface area (Å²) in [7, 11) is 0. The van der Waals surface area contributed by atoms with Gasteiger partial charge >= 0.3 is 0 Å². The SMILES string of the molecule is CCCC1CCCCN1c1ccc(C=O)cc1C.